The smallest absolute Gasteiger partial charge is 0.0865 e. The molecule has 0 saturated carbocycles. The van der Waals surface area contributed by atoms with Gasteiger partial charge in [-0.25, -0.2) is 0 Å². The van der Waals surface area contributed by atoms with Crippen LogP contribution in [0.15, 0.2) is 30.3 Å². The molecule has 1 aliphatic rings. The van der Waals surface area contributed by atoms with Crippen LogP contribution in [0, 0.1) is 11.8 Å². The van der Waals surface area contributed by atoms with E-state index in [0.717, 1.165) is 19.7 Å². The van der Waals surface area contributed by atoms with E-state index < -0.39 is 0 Å². The van der Waals surface area contributed by atoms with Crippen molar-refractivity contribution >= 4 is 0 Å². The zero-order chi connectivity index (χ0) is 12.8. The van der Waals surface area contributed by atoms with Gasteiger partial charge in [0.05, 0.1) is 6.10 Å². The predicted octanol–water partition coefficient (Wildman–Crippen LogP) is 3.40. The lowest BCUT2D eigenvalue weighted by atomic mass is 9.89. The molecule has 2 nitrogen and oxygen atoms in total. The second kappa shape index (κ2) is 6.91. The van der Waals surface area contributed by atoms with Crippen LogP contribution in [0.4, 0.5) is 0 Å². The Bertz CT molecular complexity index is 336. The number of hydrogen-bond donors (Lipinski definition) is 1. The topological polar surface area (TPSA) is 21.3 Å². The van der Waals surface area contributed by atoms with E-state index in [1.54, 1.807) is 0 Å². The van der Waals surface area contributed by atoms with Gasteiger partial charge in [0.1, 0.15) is 0 Å². The summed E-state index contributed by atoms with van der Waals surface area (Å²) < 4.78 is 5.99. The fourth-order valence-electron chi connectivity index (χ4n) is 2.62. The second-order valence-corrected chi connectivity index (χ2v) is 5.66. The average molecular weight is 247 g/mol. The lowest BCUT2D eigenvalue weighted by Crippen LogP contribution is -2.33. The molecule has 1 aromatic rings. The summed E-state index contributed by atoms with van der Waals surface area (Å²) in [5, 5.41) is 3.57. The largest absolute Gasteiger partial charge is 0.373 e. The van der Waals surface area contributed by atoms with Crippen molar-refractivity contribution in [3.8, 4) is 0 Å². The maximum Gasteiger partial charge on any atom is 0.0865 e. The van der Waals surface area contributed by atoms with Gasteiger partial charge in [-0.3, -0.25) is 0 Å². The Labute approximate surface area is 111 Å². The monoisotopic (exact) mass is 247 g/mol. The van der Waals surface area contributed by atoms with Crippen molar-refractivity contribution in [1.29, 1.82) is 0 Å². The molecular weight excluding hydrogens is 222 g/mol. The molecular formula is C16H25NO. The molecule has 2 atom stereocenters. The zero-order valence-electron chi connectivity index (χ0n) is 11.6. The molecule has 0 radical (unpaired) electrons. The van der Waals surface area contributed by atoms with Crippen LogP contribution >= 0.6 is 0 Å². The van der Waals surface area contributed by atoms with Crippen LogP contribution < -0.4 is 5.32 Å². The van der Waals surface area contributed by atoms with Gasteiger partial charge in [-0.1, -0.05) is 44.2 Å². The van der Waals surface area contributed by atoms with Gasteiger partial charge in [0, 0.05) is 19.1 Å². The fourth-order valence-corrected chi connectivity index (χ4v) is 2.62. The first-order valence-corrected chi connectivity index (χ1v) is 7.14. The highest BCUT2D eigenvalue weighted by Crippen LogP contribution is 2.32. The van der Waals surface area contributed by atoms with Gasteiger partial charge < -0.3 is 10.1 Å². The minimum Gasteiger partial charge on any atom is -0.373 e. The lowest BCUT2D eigenvalue weighted by Gasteiger charge is -2.32. The number of ether oxygens (including phenoxy) is 1. The first-order valence-electron chi connectivity index (χ1n) is 7.14. The SMILES string of the molecule is CC(C)CNCC1CCCOC1c1ccccc1. The fraction of sp³-hybridized carbons (Fsp3) is 0.625. The Morgan fingerprint density at radius 2 is 2.06 bits per heavy atom. The van der Waals surface area contributed by atoms with Gasteiger partial charge in [-0.2, -0.15) is 0 Å². The number of nitrogens with one attached hydrogen (secondary N) is 1. The highest BCUT2D eigenvalue weighted by atomic mass is 16.5. The Morgan fingerprint density at radius 1 is 1.28 bits per heavy atom. The zero-order valence-corrected chi connectivity index (χ0v) is 11.6. The van der Waals surface area contributed by atoms with Gasteiger partial charge in [0.2, 0.25) is 0 Å². The Hall–Kier alpha value is -0.860. The predicted molar refractivity (Wildman–Crippen MR) is 75.6 cm³/mol. The van der Waals surface area contributed by atoms with Crippen LogP contribution in [0.5, 0.6) is 0 Å². The van der Waals surface area contributed by atoms with E-state index in [1.807, 2.05) is 0 Å². The maximum absolute atomic E-state index is 5.99. The van der Waals surface area contributed by atoms with Crippen LogP contribution in [0.25, 0.3) is 0 Å². The quantitative estimate of drug-likeness (QED) is 0.861. The average Bonchev–Trinajstić information content (AvgIpc) is 2.40. The Kier molecular flexibility index (Phi) is 5.21. The van der Waals surface area contributed by atoms with E-state index >= 15 is 0 Å². The van der Waals surface area contributed by atoms with E-state index in [-0.39, 0.29) is 6.10 Å². The van der Waals surface area contributed by atoms with Gasteiger partial charge in [-0.15, -0.1) is 0 Å². The van der Waals surface area contributed by atoms with E-state index in [9.17, 15) is 0 Å². The number of hydrogen-bond acceptors (Lipinski definition) is 2. The number of rotatable bonds is 5. The van der Waals surface area contributed by atoms with Crippen molar-refractivity contribution in [2.75, 3.05) is 19.7 Å². The van der Waals surface area contributed by atoms with Crippen LogP contribution in [0.1, 0.15) is 38.4 Å². The number of benzene rings is 1. The maximum atomic E-state index is 5.99. The van der Waals surface area contributed by atoms with Crippen LogP contribution in [-0.2, 0) is 4.74 Å². The summed E-state index contributed by atoms with van der Waals surface area (Å²) >= 11 is 0. The summed E-state index contributed by atoms with van der Waals surface area (Å²) in [5.41, 5.74) is 1.33. The van der Waals surface area contributed by atoms with Gasteiger partial charge in [0.25, 0.3) is 0 Å². The minimum atomic E-state index is 0.277. The molecule has 0 aromatic heterocycles. The molecule has 1 N–H and O–H groups in total. The third kappa shape index (κ3) is 3.82. The van der Waals surface area contributed by atoms with E-state index in [0.29, 0.717) is 11.8 Å². The third-order valence-corrected chi connectivity index (χ3v) is 3.53. The molecule has 18 heavy (non-hydrogen) atoms. The molecule has 1 aromatic carbocycles. The standard InChI is InChI=1S/C16H25NO/c1-13(2)11-17-12-15-9-6-10-18-16(15)14-7-4-3-5-8-14/h3-5,7-8,13,15-17H,6,9-12H2,1-2H3. The summed E-state index contributed by atoms with van der Waals surface area (Å²) in [6.45, 7) is 7.56. The van der Waals surface area contributed by atoms with Gasteiger partial charge in [-0.05, 0) is 30.9 Å². The molecule has 0 amide bonds. The highest BCUT2D eigenvalue weighted by molar-refractivity contribution is 5.18. The summed E-state index contributed by atoms with van der Waals surface area (Å²) in [6.07, 6.45) is 2.74. The minimum absolute atomic E-state index is 0.277. The molecule has 2 heteroatoms. The molecule has 100 valence electrons. The van der Waals surface area contributed by atoms with Crippen LogP contribution in [0.2, 0.25) is 0 Å². The molecule has 1 aliphatic heterocycles. The Balaban J connectivity index is 1.94. The molecule has 1 fully saturated rings. The molecule has 0 bridgehead atoms. The molecule has 2 unspecified atom stereocenters. The van der Waals surface area contributed by atoms with Crippen molar-refractivity contribution in [2.24, 2.45) is 11.8 Å². The van der Waals surface area contributed by atoms with Gasteiger partial charge in [0.15, 0.2) is 0 Å². The van der Waals surface area contributed by atoms with Crippen LogP contribution in [0.3, 0.4) is 0 Å². The van der Waals surface area contributed by atoms with Crippen LogP contribution in [-0.4, -0.2) is 19.7 Å². The summed E-state index contributed by atoms with van der Waals surface area (Å²) in [6, 6.07) is 10.6. The summed E-state index contributed by atoms with van der Waals surface area (Å²) in [7, 11) is 0. The van der Waals surface area contributed by atoms with Crippen molar-refractivity contribution < 1.29 is 4.74 Å². The molecule has 1 heterocycles. The van der Waals surface area contributed by atoms with E-state index in [2.05, 4.69) is 49.5 Å². The van der Waals surface area contributed by atoms with Crippen molar-refractivity contribution in [1.82, 2.24) is 5.32 Å². The highest BCUT2D eigenvalue weighted by Gasteiger charge is 2.26. The summed E-state index contributed by atoms with van der Waals surface area (Å²) in [5.74, 6) is 1.32. The Morgan fingerprint density at radius 3 is 2.78 bits per heavy atom. The molecule has 0 spiro atoms. The summed E-state index contributed by atoms with van der Waals surface area (Å²) in [4.78, 5) is 0. The van der Waals surface area contributed by atoms with E-state index in [4.69, 9.17) is 4.74 Å². The molecule has 0 aliphatic carbocycles. The second-order valence-electron chi connectivity index (χ2n) is 5.66. The van der Waals surface area contributed by atoms with Crippen molar-refractivity contribution in [3.63, 3.8) is 0 Å². The van der Waals surface area contributed by atoms with Crippen molar-refractivity contribution in [3.05, 3.63) is 35.9 Å². The molecule has 2 rings (SSSR count). The normalized spacial score (nSPS) is 24.4. The van der Waals surface area contributed by atoms with Gasteiger partial charge >= 0.3 is 0 Å². The van der Waals surface area contributed by atoms with E-state index in [1.165, 1.54) is 18.4 Å². The van der Waals surface area contributed by atoms with Crippen molar-refractivity contribution in [2.45, 2.75) is 32.8 Å². The molecule has 1 saturated heterocycles. The first-order chi connectivity index (χ1) is 8.77. The third-order valence-electron chi connectivity index (χ3n) is 3.53. The first kappa shape index (κ1) is 13.6. The lowest BCUT2D eigenvalue weighted by molar-refractivity contribution is -0.0278.